The van der Waals surface area contributed by atoms with E-state index in [0.717, 1.165) is 0 Å². The van der Waals surface area contributed by atoms with Crippen molar-refractivity contribution in [3.8, 4) is 21.6 Å². The van der Waals surface area contributed by atoms with Gasteiger partial charge in [-0.2, -0.15) is 0 Å². The molecule has 0 atom stereocenters. The van der Waals surface area contributed by atoms with Crippen molar-refractivity contribution < 1.29 is 0 Å². The molecular formula is C16H14ClNS. The summed E-state index contributed by atoms with van der Waals surface area (Å²) in [6.07, 6.45) is 3.69. The van der Waals surface area contributed by atoms with Crippen molar-refractivity contribution in [3.05, 3.63) is 65.8 Å². The molecule has 0 aliphatic heterocycles. The molecule has 0 fully saturated rings. The zero-order valence-electron chi connectivity index (χ0n) is 10.5. The highest BCUT2D eigenvalue weighted by Crippen LogP contribution is 2.38. The van der Waals surface area contributed by atoms with Crippen molar-refractivity contribution in [1.29, 1.82) is 0 Å². The van der Waals surface area contributed by atoms with E-state index >= 15 is 0 Å². The number of halogens is 1. The van der Waals surface area contributed by atoms with Gasteiger partial charge in [-0.1, -0.05) is 30.3 Å². The third-order valence-electron chi connectivity index (χ3n) is 2.88. The van der Waals surface area contributed by atoms with Gasteiger partial charge in [0.25, 0.3) is 0 Å². The van der Waals surface area contributed by atoms with Crippen LogP contribution in [0.5, 0.6) is 0 Å². The van der Waals surface area contributed by atoms with Gasteiger partial charge < -0.3 is 0 Å². The summed E-state index contributed by atoms with van der Waals surface area (Å²) in [4.78, 5) is 6.74. The van der Waals surface area contributed by atoms with Crippen LogP contribution in [0.3, 0.4) is 0 Å². The Morgan fingerprint density at radius 3 is 2.26 bits per heavy atom. The summed E-state index contributed by atoms with van der Waals surface area (Å²) in [5, 5.41) is 0. The number of aromatic nitrogens is 1. The van der Waals surface area contributed by atoms with Crippen LogP contribution in [0.4, 0.5) is 0 Å². The molecule has 3 rings (SSSR count). The Morgan fingerprint density at radius 2 is 1.58 bits per heavy atom. The van der Waals surface area contributed by atoms with E-state index in [-0.39, 0.29) is 12.4 Å². The maximum Gasteiger partial charge on any atom is 0.0425 e. The summed E-state index contributed by atoms with van der Waals surface area (Å²) >= 11 is 1.83. The number of nitrogens with zero attached hydrogens (tertiary/aromatic N) is 1. The molecule has 1 aromatic carbocycles. The van der Waals surface area contributed by atoms with Crippen molar-refractivity contribution in [3.63, 3.8) is 0 Å². The molecule has 0 bridgehead atoms. The first kappa shape index (κ1) is 13.8. The Kier molecular flexibility index (Phi) is 4.35. The van der Waals surface area contributed by atoms with E-state index in [1.165, 1.54) is 26.4 Å². The van der Waals surface area contributed by atoms with Crippen molar-refractivity contribution in [2.45, 2.75) is 6.92 Å². The molecule has 0 saturated carbocycles. The summed E-state index contributed by atoms with van der Waals surface area (Å²) in [7, 11) is 0. The first-order valence-electron chi connectivity index (χ1n) is 5.91. The number of hydrogen-bond acceptors (Lipinski definition) is 2. The normalized spacial score (nSPS) is 9.95. The molecule has 0 radical (unpaired) electrons. The fraction of sp³-hybridized carbons (Fsp3) is 0.0625. The fourth-order valence-corrected chi connectivity index (χ4v) is 3.10. The Hall–Kier alpha value is -1.64. The molecule has 3 heteroatoms. The average molecular weight is 288 g/mol. The van der Waals surface area contributed by atoms with E-state index in [1.54, 1.807) is 0 Å². The van der Waals surface area contributed by atoms with Crippen molar-refractivity contribution in [2.75, 3.05) is 0 Å². The molecule has 0 amide bonds. The van der Waals surface area contributed by atoms with Gasteiger partial charge in [0.05, 0.1) is 0 Å². The third kappa shape index (κ3) is 2.86. The van der Waals surface area contributed by atoms with Crippen LogP contribution >= 0.6 is 23.7 Å². The molecule has 0 aliphatic carbocycles. The van der Waals surface area contributed by atoms with Gasteiger partial charge >= 0.3 is 0 Å². The maximum absolute atomic E-state index is 4.08. The second-order valence-corrected chi connectivity index (χ2v) is 5.46. The summed E-state index contributed by atoms with van der Waals surface area (Å²) in [6.45, 7) is 2.15. The summed E-state index contributed by atoms with van der Waals surface area (Å²) < 4.78 is 0. The van der Waals surface area contributed by atoms with Gasteiger partial charge in [0.2, 0.25) is 0 Å². The van der Waals surface area contributed by atoms with E-state index < -0.39 is 0 Å². The van der Waals surface area contributed by atoms with Crippen LogP contribution < -0.4 is 0 Å². The Balaban J connectivity index is 0.00000133. The molecule has 0 aliphatic rings. The minimum atomic E-state index is 0. The molecule has 1 nitrogen and oxygen atoms in total. The number of pyridine rings is 1. The largest absolute Gasteiger partial charge is 0.265 e. The topological polar surface area (TPSA) is 12.9 Å². The molecule has 0 spiro atoms. The van der Waals surface area contributed by atoms with Crippen LogP contribution in [0.2, 0.25) is 0 Å². The van der Waals surface area contributed by atoms with E-state index in [1.807, 2.05) is 23.7 Å². The van der Waals surface area contributed by atoms with Gasteiger partial charge in [-0.05, 0) is 36.2 Å². The van der Waals surface area contributed by atoms with Crippen LogP contribution in [-0.4, -0.2) is 4.98 Å². The molecule has 2 aromatic heterocycles. The second kappa shape index (κ2) is 6.00. The van der Waals surface area contributed by atoms with E-state index in [4.69, 9.17) is 0 Å². The summed E-state index contributed by atoms with van der Waals surface area (Å²) in [5.74, 6) is 0. The quantitative estimate of drug-likeness (QED) is 0.631. The van der Waals surface area contributed by atoms with Crippen LogP contribution in [0.25, 0.3) is 21.6 Å². The first-order valence-corrected chi connectivity index (χ1v) is 6.72. The standard InChI is InChI=1S/C16H13NS.ClH/c1-12-11-15(13-5-3-2-4-6-13)16(18-12)14-7-9-17-10-8-14;/h2-11H,1H3;1H. The Labute approximate surface area is 123 Å². The fourth-order valence-electron chi connectivity index (χ4n) is 2.06. The molecular weight excluding hydrogens is 274 g/mol. The second-order valence-electron chi connectivity index (χ2n) is 4.20. The van der Waals surface area contributed by atoms with E-state index in [0.29, 0.717) is 0 Å². The van der Waals surface area contributed by atoms with Gasteiger partial charge in [-0.15, -0.1) is 23.7 Å². The monoisotopic (exact) mass is 287 g/mol. The lowest BCUT2D eigenvalue weighted by Gasteiger charge is -2.03. The zero-order valence-corrected chi connectivity index (χ0v) is 12.2. The summed E-state index contributed by atoms with van der Waals surface area (Å²) in [5.41, 5.74) is 3.82. The minimum absolute atomic E-state index is 0. The van der Waals surface area contributed by atoms with Crippen LogP contribution in [0, 0.1) is 6.92 Å². The zero-order chi connectivity index (χ0) is 12.4. The molecule has 19 heavy (non-hydrogen) atoms. The third-order valence-corrected chi connectivity index (χ3v) is 3.98. The molecule has 0 unspecified atom stereocenters. The average Bonchev–Trinajstić information content (AvgIpc) is 2.83. The first-order chi connectivity index (χ1) is 8.84. The van der Waals surface area contributed by atoms with E-state index in [9.17, 15) is 0 Å². The van der Waals surface area contributed by atoms with Crippen molar-refractivity contribution >= 4 is 23.7 Å². The van der Waals surface area contributed by atoms with Crippen molar-refractivity contribution in [1.82, 2.24) is 4.98 Å². The van der Waals surface area contributed by atoms with Gasteiger partial charge in [0, 0.05) is 27.7 Å². The minimum Gasteiger partial charge on any atom is -0.265 e. The predicted octanol–water partition coefficient (Wildman–Crippen LogP) is 5.21. The summed E-state index contributed by atoms with van der Waals surface area (Å²) in [6, 6.07) is 16.9. The van der Waals surface area contributed by atoms with Crippen molar-refractivity contribution in [2.24, 2.45) is 0 Å². The van der Waals surface area contributed by atoms with Crippen LogP contribution in [0.15, 0.2) is 60.9 Å². The van der Waals surface area contributed by atoms with Crippen LogP contribution in [0.1, 0.15) is 4.88 Å². The smallest absolute Gasteiger partial charge is 0.0425 e. The number of aryl methyl sites for hydroxylation is 1. The highest BCUT2D eigenvalue weighted by molar-refractivity contribution is 7.16. The predicted molar refractivity (Wildman–Crippen MR) is 85.0 cm³/mol. The Morgan fingerprint density at radius 1 is 0.895 bits per heavy atom. The number of rotatable bonds is 2. The molecule has 2 heterocycles. The molecule has 3 aromatic rings. The lowest BCUT2D eigenvalue weighted by Crippen LogP contribution is -1.79. The highest BCUT2D eigenvalue weighted by Gasteiger charge is 2.10. The highest BCUT2D eigenvalue weighted by atomic mass is 35.5. The molecule has 0 N–H and O–H groups in total. The lowest BCUT2D eigenvalue weighted by atomic mass is 10.0. The van der Waals surface area contributed by atoms with Gasteiger partial charge in [0.1, 0.15) is 0 Å². The van der Waals surface area contributed by atoms with Gasteiger partial charge in [-0.25, -0.2) is 0 Å². The lowest BCUT2D eigenvalue weighted by molar-refractivity contribution is 1.33. The number of benzene rings is 1. The SMILES string of the molecule is Cc1cc(-c2ccccc2)c(-c2ccncc2)s1.Cl. The van der Waals surface area contributed by atoms with Gasteiger partial charge in [-0.3, -0.25) is 4.98 Å². The number of thiophene rings is 1. The van der Waals surface area contributed by atoms with Crippen LogP contribution in [-0.2, 0) is 0 Å². The van der Waals surface area contributed by atoms with E-state index in [2.05, 4.69) is 60.4 Å². The van der Waals surface area contributed by atoms with Gasteiger partial charge in [0.15, 0.2) is 0 Å². The maximum atomic E-state index is 4.08. The molecule has 96 valence electrons. The Bertz CT molecular complexity index is 590. The number of hydrogen-bond donors (Lipinski definition) is 0. The molecule has 0 saturated heterocycles.